The highest BCUT2D eigenvalue weighted by atomic mass is 16.3. The molecule has 0 aliphatic rings. The molecule has 82 valence electrons. The fourth-order valence-electron chi connectivity index (χ4n) is 1.56. The second-order valence-electron chi connectivity index (χ2n) is 3.98. The van der Waals surface area contributed by atoms with Gasteiger partial charge in [-0.25, -0.2) is 0 Å². The summed E-state index contributed by atoms with van der Waals surface area (Å²) < 4.78 is 0. The molecule has 0 aliphatic carbocycles. The van der Waals surface area contributed by atoms with Crippen LogP contribution in [0.2, 0.25) is 0 Å². The molecule has 1 unspecified atom stereocenters. The minimum atomic E-state index is -1.44. The Kier molecular flexibility index (Phi) is 2.94. The van der Waals surface area contributed by atoms with Gasteiger partial charge in [0, 0.05) is 11.8 Å². The van der Waals surface area contributed by atoms with Gasteiger partial charge in [-0.3, -0.25) is 4.98 Å². The third-order valence-corrected chi connectivity index (χ3v) is 2.63. The molecular weight excluding hydrogens is 211 g/mol. The molecule has 1 atom stereocenters. The Labute approximate surface area is 101 Å². The van der Waals surface area contributed by atoms with E-state index in [9.17, 15) is 5.11 Å². The quantitative estimate of drug-likeness (QED) is 0.610. The van der Waals surface area contributed by atoms with Gasteiger partial charge >= 0.3 is 0 Å². The number of hydrogen-bond donors (Lipinski definition) is 1. The smallest absolute Gasteiger partial charge is 0.168 e. The number of hydrogen-bond acceptors (Lipinski definition) is 3. The molecule has 3 nitrogen and oxygen atoms in total. The zero-order chi connectivity index (χ0) is 12.3. The first-order valence-corrected chi connectivity index (χ1v) is 5.29. The van der Waals surface area contributed by atoms with Gasteiger partial charge in [0.05, 0.1) is 11.8 Å². The molecule has 1 aromatic carbocycles. The lowest BCUT2D eigenvalue weighted by Crippen LogP contribution is -2.23. The van der Waals surface area contributed by atoms with Crippen LogP contribution < -0.4 is 0 Å². The molecular formula is C13H11BN2O. The molecule has 0 aliphatic heterocycles. The summed E-state index contributed by atoms with van der Waals surface area (Å²) in [5.74, 6) is 0. The van der Waals surface area contributed by atoms with Crippen LogP contribution in [0.5, 0.6) is 0 Å². The van der Waals surface area contributed by atoms with Gasteiger partial charge in [0.15, 0.2) is 7.85 Å². The molecule has 1 heterocycles. The average Bonchev–Trinajstić information content (AvgIpc) is 2.40. The van der Waals surface area contributed by atoms with Crippen molar-refractivity contribution in [2.24, 2.45) is 0 Å². The Morgan fingerprint density at radius 2 is 1.88 bits per heavy atom. The van der Waals surface area contributed by atoms with Crippen LogP contribution in [0.25, 0.3) is 11.3 Å². The minimum Gasteiger partial charge on any atom is -0.380 e. The molecule has 0 saturated heterocycles. The Hall–Kier alpha value is -2.12. The fourth-order valence-corrected chi connectivity index (χ4v) is 1.56. The van der Waals surface area contributed by atoms with E-state index in [0.29, 0.717) is 5.56 Å². The summed E-state index contributed by atoms with van der Waals surface area (Å²) >= 11 is 0. The Morgan fingerprint density at radius 1 is 1.18 bits per heavy atom. The molecule has 0 amide bonds. The molecule has 0 bridgehead atoms. The van der Waals surface area contributed by atoms with Crippen LogP contribution in [0.15, 0.2) is 48.7 Å². The number of nitrogens with zero attached hydrogens (tertiary/aromatic N) is 2. The number of benzene rings is 1. The molecule has 17 heavy (non-hydrogen) atoms. The summed E-state index contributed by atoms with van der Waals surface area (Å²) in [6, 6.07) is 14.7. The molecule has 0 fully saturated rings. The zero-order valence-corrected chi connectivity index (χ0v) is 9.46. The first-order chi connectivity index (χ1) is 8.13. The highest BCUT2D eigenvalue weighted by molar-refractivity contribution is 6.16. The fraction of sp³-hybridized carbons (Fsp3) is 0.0769. The number of pyridine rings is 1. The van der Waals surface area contributed by atoms with E-state index in [1.807, 2.05) is 36.4 Å². The molecule has 0 saturated carbocycles. The predicted octanol–water partition coefficient (Wildman–Crippen LogP) is 1.05. The van der Waals surface area contributed by atoms with Crippen molar-refractivity contribution in [1.82, 2.24) is 4.98 Å². The predicted molar refractivity (Wildman–Crippen MR) is 67.7 cm³/mol. The largest absolute Gasteiger partial charge is 0.380 e. The van der Waals surface area contributed by atoms with Crippen molar-refractivity contribution in [2.45, 2.75) is 5.50 Å². The third-order valence-electron chi connectivity index (χ3n) is 2.63. The summed E-state index contributed by atoms with van der Waals surface area (Å²) in [6.45, 7) is 0. The standard InChI is InChI=1S/C13H11BN2O/c14-13(17,9-15)11-6-4-10(5-7-11)12-3-1-2-8-16-12/h1-8,17H,14H2. The summed E-state index contributed by atoms with van der Waals surface area (Å²) in [7, 11) is 1.47. The number of rotatable bonds is 2. The summed E-state index contributed by atoms with van der Waals surface area (Å²) in [5, 5.41) is 18.6. The van der Waals surface area contributed by atoms with E-state index in [4.69, 9.17) is 5.26 Å². The van der Waals surface area contributed by atoms with Crippen LogP contribution in [0, 0.1) is 11.3 Å². The monoisotopic (exact) mass is 222 g/mol. The Balaban J connectivity index is 2.35. The lowest BCUT2D eigenvalue weighted by molar-refractivity contribution is 0.188. The number of aliphatic hydroxyl groups is 1. The maximum Gasteiger partial charge on any atom is 0.168 e. The second kappa shape index (κ2) is 4.40. The SMILES string of the molecule is BC(O)(C#N)c1ccc(-c2ccccn2)cc1. The van der Waals surface area contributed by atoms with Crippen LogP contribution in [-0.4, -0.2) is 17.9 Å². The number of nitriles is 1. The molecule has 2 rings (SSSR count). The van der Waals surface area contributed by atoms with E-state index in [1.54, 1.807) is 18.3 Å². The van der Waals surface area contributed by atoms with Gasteiger partial charge in [-0.15, -0.1) is 0 Å². The van der Waals surface area contributed by atoms with Gasteiger partial charge in [0.1, 0.15) is 5.50 Å². The average molecular weight is 222 g/mol. The maximum absolute atomic E-state index is 9.78. The lowest BCUT2D eigenvalue weighted by atomic mass is 9.77. The van der Waals surface area contributed by atoms with Crippen molar-refractivity contribution in [1.29, 1.82) is 5.26 Å². The van der Waals surface area contributed by atoms with E-state index in [1.165, 1.54) is 7.85 Å². The highest BCUT2D eigenvalue weighted by Crippen LogP contribution is 2.21. The molecule has 4 heteroatoms. The van der Waals surface area contributed by atoms with Crippen LogP contribution in [0.3, 0.4) is 0 Å². The summed E-state index contributed by atoms with van der Waals surface area (Å²) in [6.07, 6.45) is 1.73. The van der Waals surface area contributed by atoms with E-state index in [-0.39, 0.29) is 0 Å². The van der Waals surface area contributed by atoms with E-state index >= 15 is 0 Å². The first-order valence-electron chi connectivity index (χ1n) is 5.29. The summed E-state index contributed by atoms with van der Waals surface area (Å²) in [5.41, 5.74) is 0.973. The minimum absolute atomic E-state index is 0.583. The molecule has 0 spiro atoms. The van der Waals surface area contributed by atoms with Gasteiger partial charge in [-0.05, 0) is 17.7 Å². The van der Waals surface area contributed by atoms with E-state index in [0.717, 1.165) is 11.3 Å². The highest BCUT2D eigenvalue weighted by Gasteiger charge is 2.21. The second-order valence-corrected chi connectivity index (χ2v) is 3.98. The van der Waals surface area contributed by atoms with Gasteiger partial charge in [0.25, 0.3) is 0 Å². The Bertz CT molecular complexity index is 544. The zero-order valence-electron chi connectivity index (χ0n) is 9.46. The topological polar surface area (TPSA) is 56.9 Å². The van der Waals surface area contributed by atoms with Crippen molar-refractivity contribution in [3.8, 4) is 17.3 Å². The van der Waals surface area contributed by atoms with Crippen LogP contribution in [0.4, 0.5) is 0 Å². The van der Waals surface area contributed by atoms with E-state index < -0.39 is 5.50 Å². The lowest BCUT2D eigenvalue weighted by Gasteiger charge is -2.14. The van der Waals surface area contributed by atoms with E-state index in [2.05, 4.69) is 4.98 Å². The molecule has 1 N–H and O–H groups in total. The molecule has 0 radical (unpaired) electrons. The Morgan fingerprint density at radius 3 is 2.41 bits per heavy atom. The normalized spacial score (nSPS) is 13.6. The maximum atomic E-state index is 9.78. The van der Waals surface area contributed by atoms with Crippen molar-refractivity contribution in [3.63, 3.8) is 0 Å². The molecule has 1 aromatic heterocycles. The summed E-state index contributed by atoms with van der Waals surface area (Å²) in [4.78, 5) is 4.23. The third kappa shape index (κ3) is 2.35. The van der Waals surface area contributed by atoms with Gasteiger partial charge in [0.2, 0.25) is 0 Å². The van der Waals surface area contributed by atoms with Crippen molar-refractivity contribution >= 4 is 7.85 Å². The van der Waals surface area contributed by atoms with Crippen molar-refractivity contribution in [2.75, 3.05) is 0 Å². The van der Waals surface area contributed by atoms with Gasteiger partial charge in [-0.2, -0.15) is 5.26 Å². The van der Waals surface area contributed by atoms with Crippen molar-refractivity contribution < 1.29 is 5.11 Å². The van der Waals surface area contributed by atoms with Crippen LogP contribution in [0.1, 0.15) is 5.56 Å². The van der Waals surface area contributed by atoms with Crippen molar-refractivity contribution in [3.05, 3.63) is 54.2 Å². The van der Waals surface area contributed by atoms with Crippen LogP contribution >= 0.6 is 0 Å². The van der Waals surface area contributed by atoms with Crippen LogP contribution in [-0.2, 0) is 5.50 Å². The first kappa shape index (κ1) is 11.4. The van der Waals surface area contributed by atoms with Gasteiger partial charge in [-0.1, -0.05) is 30.3 Å². The number of aromatic nitrogens is 1. The van der Waals surface area contributed by atoms with Gasteiger partial charge < -0.3 is 5.11 Å². The molecule has 2 aromatic rings.